The Balaban J connectivity index is 1.03. The molecule has 0 spiro atoms. The van der Waals surface area contributed by atoms with Crippen LogP contribution in [0.4, 0.5) is 0 Å². The summed E-state index contributed by atoms with van der Waals surface area (Å²) in [5, 5.41) is 16.2. The minimum atomic E-state index is -3.99. The van der Waals surface area contributed by atoms with E-state index in [1.807, 2.05) is 125 Å². The molecule has 1 aliphatic carbocycles. The van der Waals surface area contributed by atoms with Crippen molar-refractivity contribution < 1.29 is 32.6 Å². The first-order valence-corrected chi connectivity index (χ1v) is 25.8. The Kier molecular flexibility index (Phi) is 15.6. The van der Waals surface area contributed by atoms with Gasteiger partial charge in [0.25, 0.3) is 0 Å². The van der Waals surface area contributed by atoms with Gasteiger partial charge in [0.05, 0.1) is 29.8 Å². The molecule has 2 saturated heterocycles. The predicted molar refractivity (Wildman–Crippen MR) is 265 cm³/mol. The zero-order valence-corrected chi connectivity index (χ0v) is 40.9. The molecule has 68 heavy (non-hydrogen) atoms. The van der Waals surface area contributed by atoms with Gasteiger partial charge < -0.3 is 25.2 Å². The number of nitrogens with one attached hydrogen (secondary N) is 3. The fourth-order valence-corrected chi connectivity index (χ4v) is 11.5. The highest BCUT2D eigenvalue weighted by Gasteiger charge is 2.46. The number of nitrogens with zero attached hydrogens (tertiary/aromatic N) is 1. The van der Waals surface area contributed by atoms with Gasteiger partial charge in [0.2, 0.25) is 21.8 Å². The van der Waals surface area contributed by atoms with E-state index in [-0.39, 0.29) is 60.1 Å². The van der Waals surface area contributed by atoms with Crippen LogP contribution in [0, 0.1) is 18.8 Å². The third kappa shape index (κ3) is 12.1. The molecule has 8 unspecified atom stereocenters. The summed E-state index contributed by atoms with van der Waals surface area (Å²) in [6, 6.07) is 39.0. The number of likely N-dealkylation sites (tertiary alicyclic amines) is 1. The highest BCUT2D eigenvalue weighted by Crippen LogP contribution is 2.45. The molecule has 5 aromatic rings. The van der Waals surface area contributed by atoms with Crippen LogP contribution in [0.15, 0.2) is 132 Å². The third-order valence-corrected chi connectivity index (χ3v) is 15.4. The molecule has 360 valence electrons. The Labute approximate surface area is 403 Å². The van der Waals surface area contributed by atoms with E-state index in [4.69, 9.17) is 9.47 Å². The minimum absolute atomic E-state index is 0.0452. The summed E-state index contributed by atoms with van der Waals surface area (Å²) in [6.45, 7) is 10.9. The second-order valence-corrected chi connectivity index (χ2v) is 21.9. The lowest BCUT2D eigenvalue weighted by molar-refractivity contribution is -0.278. The summed E-state index contributed by atoms with van der Waals surface area (Å²) in [4.78, 5) is 30.5. The quantitative estimate of drug-likeness (QED) is 0.0814. The number of carbonyl (C=O) groups excluding carboxylic acids is 2. The van der Waals surface area contributed by atoms with Crippen molar-refractivity contribution in [3.05, 3.63) is 161 Å². The smallest absolute Gasteiger partial charge is 0.241 e. The first kappa shape index (κ1) is 49.2. The number of fused-ring (bicyclic) bond motifs is 1. The lowest BCUT2D eigenvalue weighted by atomic mass is 9.75. The fourth-order valence-electron chi connectivity index (χ4n) is 10.3. The van der Waals surface area contributed by atoms with Crippen LogP contribution >= 0.6 is 0 Å². The average Bonchev–Trinajstić information content (AvgIpc) is 3.33. The van der Waals surface area contributed by atoms with Crippen LogP contribution in [0.5, 0.6) is 0 Å². The van der Waals surface area contributed by atoms with Crippen molar-refractivity contribution in [1.29, 1.82) is 0 Å². The summed E-state index contributed by atoms with van der Waals surface area (Å²) in [5.74, 6) is 0.154. The highest BCUT2D eigenvalue weighted by atomic mass is 32.2. The number of hydrogen-bond donors (Lipinski definition) is 4. The molecule has 2 aliphatic heterocycles. The largest absolute Gasteiger partial charge is 0.392 e. The monoisotopic (exact) mass is 940 g/mol. The zero-order valence-electron chi connectivity index (χ0n) is 40.1. The molecule has 0 bridgehead atoms. The lowest BCUT2D eigenvalue weighted by Gasteiger charge is -2.51. The second-order valence-electron chi connectivity index (χ2n) is 20.2. The topological polar surface area (TPSA) is 146 Å². The highest BCUT2D eigenvalue weighted by molar-refractivity contribution is 7.89. The van der Waals surface area contributed by atoms with Crippen molar-refractivity contribution >= 4 is 21.8 Å². The number of aliphatic hydroxyl groups is 1. The minimum Gasteiger partial charge on any atom is -0.392 e. The van der Waals surface area contributed by atoms with Gasteiger partial charge in [-0.2, -0.15) is 4.72 Å². The number of amides is 2. The van der Waals surface area contributed by atoms with Gasteiger partial charge >= 0.3 is 0 Å². The molecule has 0 aromatic heterocycles. The molecule has 11 nitrogen and oxygen atoms in total. The Bertz CT molecular complexity index is 2600. The van der Waals surface area contributed by atoms with Gasteiger partial charge in [-0.3, -0.25) is 14.5 Å². The number of carbonyl (C=O) groups is 2. The summed E-state index contributed by atoms with van der Waals surface area (Å²) in [5.41, 5.74) is 6.82. The van der Waals surface area contributed by atoms with Crippen LogP contribution in [0.2, 0.25) is 0 Å². The van der Waals surface area contributed by atoms with Gasteiger partial charge in [-0.25, -0.2) is 8.42 Å². The van der Waals surface area contributed by atoms with Crippen LogP contribution in [-0.2, 0) is 48.7 Å². The molecule has 5 aromatic carbocycles. The molecule has 3 aliphatic rings. The van der Waals surface area contributed by atoms with Gasteiger partial charge in [0, 0.05) is 36.2 Å². The van der Waals surface area contributed by atoms with E-state index in [9.17, 15) is 23.1 Å². The van der Waals surface area contributed by atoms with E-state index in [1.165, 1.54) is 12.8 Å². The van der Waals surface area contributed by atoms with Gasteiger partial charge in [0.15, 0.2) is 6.29 Å². The number of rotatable bonds is 15. The van der Waals surface area contributed by atoms with E-state index in [0.717, 1.165) is 70.2 Å². The molecule has 8 rings (SSSR count). The van der Waals surface area contributed by atoms with E-state index in [2.05, 4.69) is 33.2 Å². The van der Waals surface area contributed by atoms with Crippen LogP contribution < -0.4 is 15.4 Å². The van der Waals surface area contributed by atoms with Gasteiger partial charge in [-0.15, -0.1) is 0 Å². The molecular weight excluding hydrogens is 873 g/mol. The van der Waals surface area contributed by atoms with Crippen molar-refractivity contribution in [3.63, 3.8) is 0 Å². The van der Waals surface area contributed by atoms with Crippen LogP contribution in [0.1, 0.15) is 112 Å². The summed E-state index contributed by atoms with van der Waals surface area (Å²) >= 11 is 0. The number of sulfonamides is 1. The Hall–Kier alpha value is -5.21. The van der Waals surface area contributed by atoms with E-state index >= 15 is 0 Å². The fraction of sp³-hybridized carbons (Fsp3) is 0.429. The number of benzene rings is 5. The van der Waals surface area contributed by atoms with Gasteiger partial charge in [-0.1, -0.05) is 128 Å². The maximum absolute atomic E-state index is 14.0. The molecule has 3 fully saturated rings. The number of piperidine rings is 1. The molecule has 0 radical (unpaired) electrons. The standard InChI is InChI=1S/C56H68N4O7S/c1-37-21-28-47(29-22-37)68(64,65)59-48(32-39-13-7-6-8-14-39)53(62)57-34-41-15-11-17-44(31-41)45-18-12-19-46(33-45)55-66-51(38(2)52(67-55)43-25-23-40(36-61)24-26-43)35-60-49-20-10-9-16-42(49)27-30-50(60)54(63)58-56(3,4)5/h6-8,11-15,17-19,21-26,28-29,31,33,38,42,48-52,55,59,61H,9-10,16,20,27,30,32,34-36H2,1-5H3,(H,57,62)(H,58,63). The van der Waals surface area contributed by atoms with Crippen molar-refractivity contribution in [2.24, 2.45) is 11.8 Å². The van der Waals surface area contributed by atoms with Crippen LogP contribution in [0.3, 0.4) is 0 Å². The lowest BCUT2D eigenvalue weighted by Crippen LogP contribution is -2.61. The maximum Gasteiger partial charge on any atom is 0.241 e. The first-order chi connectivity index (χ1) is 32.6. The van der Waals surface area contributed by atoms with Crippen LogP contribution in [0.25, 0.3) is 11.1 Å². The molecule has 8 atom stereocenters. The molecule has 2 heterocycles. The Morgan fingerprint density at radius 3 is 2.18 bits per heavy atom. The van der Waals surface area contributed by atoms with E-state index in [0.29, 0.717) is 18.5 Å². The first-order valence-electron chi connectivity index (χ1n) is 24.3. The van der Waals surface area contributed by atoms with Crippen molar-refractivity contribution in [2.45, 2.75) is 140 Å². The Morgan fingerprint density at radius 1 is 0.765 bits per heavy atom. The number of aryl methyl sites for hydroxylation is 1. The van der Waals surface area contributed by atoms with Crippen molar-refractivity contribution in [2.75, 3.05) is 6.54 Å². The molecule has 2 amide bonds. The second kappa shape index (κ2) is 21.6. The molecule has 1 saturated carbocycles. The summed E-state index contributed by atoms with van der Waals surface area (Å²) in [7, 11) is -3.99. The van der Waals surface area contributed by atoms with E-state index in [1.54, 1.807) is 24.3 Å². The summed E-state index contributed by atoms with van der Waals surface area (Å²) < 4.78 is 43.7. The molecule has 12 heteroatoms. The Morgan fingerprint density at radius 2 is 1.46 bits per heavy atom. The SMILES string of the molecule is Cc1ccc(S(=O)(=O)NC(Cc2ccccc2)C(=O)NCc2cccc(-c3cccc(C4OC(CN5C(C(=O)NC(C)(C)C)CCC6CCCCC65)C(C)C(c5ccc(CO)cc5)O4)c3)c2)cc1. The summed E-state index contributed by atoms with van der Waals surface area (Å²) in [6.07, 6.45) is 5.42. The number of ether oxygens (including phenoxy) is 2. The normalized spacial score (nSPS) is 23.8. The van der Waals surface area contributed by atoms with Gasteiger partial charge in [-0.05, 0) is 123 Å². The zero-order chi connectivity index (χ0) is 48.0. The van der Waals surface area contributed by atoms with Crippen molar-refractivity contribution in [3.8, 4) is 11.1 Å². The number of aliphatic hydroxyl groups excluding tert-OH is 1. The van der Waals surface area contributed by atoms with E-state index < -0.39 is 28.3 Å². The average molecular weight is 941 g/mol. The predicted octanol–water partition coefficient (Wildman–Crippen LogP) is 9.09. The van der Waals surface area contributed by atoms with Crippen LogP contribution in [-0.4, -0.2) is 66.6 Å². The number of hydrogen-bond acceptors (Lipinski definition) is 8. The van der Waals surface area contributed by atoms with Crippen molar-refractivity contribution in [1.82, 2.24) is 20.3 Å². The third-order valence-electron chi connectivity index (χ3n) is 13.9. The molecule has 4 N–H and O–H groups in total. The van der Waals surface area contributed by atoms with Gasteiger partial charge in [0.1, 0.15) is 6.04 Å². The molecular formula is C56H68N4O7S. The maximum atomic E-state index is 14.0.